The first-order chi connectivity index (χ1) is 6.70. The van der Waals surface area contributed by atoms with E-state index in [1.165, 1.54) is 14.2 Å². The summed E-state index contributed by atoms with van der Waals surface area (Å²) in [5.41, 5.74) is -0.132. The molecule has 0 spiro atoms. The largest absolute Gasteiger partial charge is 0.497 e. The molecular weight excluding hydrogens is 188 g/mol. The van der Waals surface area contributed by atoms with Crippen molar-refractivity contribution in [3.63, 3.8) is 0 Å². The van der Waals surface area contributed by atoms with E-state index in [-0.39, 0.29) is 5.57 Å². The van der Waals surface area contributed by atoms with Gasteiger partial charge in [0.25, 0.3) is 0 Å². The number of carbonyl (C=O) groups excluding carboxylic acids is 2. The van der Waals surface area contributed by atoms with Crippen LogP contribution in [0.5, 0.6) is 0 Å². The summed E-state index contributed by atoms with van der Waals surface area (Å²) in [5, 5.41) is 0. The highest BCUT2D eigenvalue weighted by Gasteiger charge is 2.28. The number of allylic oxidation sites excluding steroid dienone is 1. The Bertz CT molecular complexity index is 253. The quantitative estimate of drug-likeness (QED) is 0.279. The number of hydrogen-bond donors (Lipinski definition) is 0. The van der Waals surface area contributed by atoms with Gasteiger partial charge in [0.2, 0.25) is 0 Å². The molecule has 0 bridgehead atoms. The summed E-state index contributed by atoms with van der Waals surface area (Å²) in [6, 6.07) is 0. The summed E-state index contributed by atoms with van der Waals surface area (Å²) in [7, 11) is 2.42. The second-order valence-electron chi connectivity index (χ2n) is 2.73. The molecule has 0 unspecified atom stereocenters. The third-order valence-corrected chi connectivity index (χ3v) is 1.88. The second kappa shape index (κ2) is 4.64. The smallest absolute Gasteiger partial charge is 0.348 e. The lowest BCUT2D eigenvalue weighted by Gasteiger charge is -2.06. The first-order valence-corrected chi connectivity index (χ1v) is 4.23. The van der Waals surface area contributed by atoms with Gasteiger partial charge in [-0.15, -0.1) is 0 Å². The van der Waals surface area contributed by atoms with Crippen LogP contribution in [-0.4, -0.2) is 32.8 Å². The highest BCUT2D eigenvalue weighted by Crippen LogP contribution is 2.21. The van der Waals surface area contributed by atoms with E-state index in [9.17, 15) is 9.59 Å². The number of esters is 2. The molecule has 0 radical (unpaired) electrons. The van der Waals surface area contributed by atoms with Crippen molar-refractivity contribution in [1.29, 1.82) is 0 Å². The van der Waals surface area contributed by atoms with Crippen molar-refractivity contribution < 1.29 is 23.8 Å². The highest BCUT2D eigenvalue weighted by atomic mass is 16.5. The number of ether oxygens (including phenoxy) is 3. The highest BCUT2D eigenvalue weighted by molar-refractivity contribution is 6.14. The monoisotopic (exact) mass is 200 g/mol. The second-order valence-corrected chi connectivity index (χ2v) is 2.73. The molecule has 1 heterocycles. The first kappa shape index (κ1) is 10.6. The van der Waals surface area contributed by atoms with E-state index in [1.54, 1.807) is 0 Å². The molecule has 5 nitrogen and oxygen atoms in total. The van der Waals surface area contributed by atoms with Crippen LogP contribution >= 0.6 is 0 Å². The zero-order valence-electron chi connectivity index (χ0n) is 8.16. The average molecular weight is 200 g/mol. The maximum absolute atomic E-state index is 11.2. The van der Waals surface area contributed by atoms with Gasteiger partial charge in [0, 0.05) is 6.42 Å². The van der Waals surface area contributed by atoms with E-state index in [0.717, 1.165) is 6.42 Å². The van der Waals surface area contributed by atoms with E-state index in [0.29, 0.717) is 18.8 Å². The van der Waals surface area contributed by atoms with Crippen LogP contribution in [0.2, 0.25) is 0 Å². The van der Waals surface area contributed by atoms with Crippen molar-refractivity contribution in [2.24, 2.45) is 0 Å². The third-order valence-electron chi connectivity index (χ3n) is 1.88. The predicted octanol–water partition coefficient (Wildman–Crippen LogP) is 0.397. The van der Waals surface area contributed by atoms with Gasteiger partial charge in [0.15, 0.2) is 5.57 Å². The molecule has 5 heteroatoms. The van der Waals surface area contributed by atoms with Crippen LogP contribution in [0.1, 0.15) is 12.8 Å². The van der Waals surface area contributed by atoms with Crippen LogP contribution in [0.25, 0.3) is 0 Å². The van der Waals surface area contributed by atoms with Crippen molar-refractivity contribution in [3.05, 3.63) is 11.3 Å². The topological polar surface area (TPSA) is 61.8 Å². The molecule has 1 aliphatic rings. The van der Waals surface area contributed by atoms with Crippen LogP contribution in [0.15, 0.2) is 11.3 Å². The van der Waals surface area contributed by atoms with Gasteiger partial charge in [-0.05, 0) is 6.42 Å². The average Bonchev–Trinajstić information content (AvgIpc) is 2.70. The fraction of sp³-hybridized carbons (Fsp3) is 0.556. The third kappa shape index (κ3) is 2.04. The molecule has 0 amide bonds. The number of carbonyl (C=O) groups is 2. The van der Waals surface area contributed by atoms with Crippen molar-refractivity contribution in [3.8, 4) is 0 Å². The Morgan fingerprint density at radius 1 is 1.21 bits per heavy atom. The van der Waals surface area contributed by atoms with Crippen LogP contribution < -0.4 is 0 Å². The number of rotatable bonds is 2. The Labute approximate surface area is 81.6 Å². The summed E-state index contributed by atoms with van der Waals surface area (Å²) >= 11 is 0. The molecule has 14 heavy (non-hydrogen) atoms. The normalized spacial score (nSPS) is 14.6. The molecule has 1 aliphatic heterocycles. The molecule has 1 saturated heterocycles. The summed E-state index contributed by atoms with van der Waals surface area (Å²) in [6.45, 7) is 0.521. The van der Waals surface area contributed by atoms with Crippen LogP contribution in [0.3, 0.4) is 0 Å². The van der Waals surface area contributed by atoms with E-state index in [4.69, 9.17) is 4.74 Å². The van der Waals surface area contributed by atoms with Crippen molar-refractivity contribution in [2.75, 3.05) is 20.8 Å². The Hall–Kier alpha value is -1.52. The summed E-state index contributed by atoms with van der Waals surface area (Å²) in [6.07, 6.45) is 1.37. The molecule has 0 aliphatic carbocycles. The minimum atomic E-state index is -0.714. The van der Waals surface area contributed by atoms with Gasteiger partial charge in [-0.1, -0.05) is 0 Å². The molecule has 78 valence electrons. The van der Waals surface area contributed by atoms with Crippen molar-refractivity contribution in [2.45, 2.75) is 12.8 Å². The predicted molar refractivity (Wildman–Crippen MR) is 46.2 cm³/mol. The van der Waals surface area contributed by atoms with E-state index in [1.807, 2.05) is 0 Å². The molecule has 0 saturated carbocycles. The SMILES string of the molecule is COC(=O)C(C(=O)OC)=C1CCCO1. The minimum absolute atomic E-state index is 0.132. The van der Waals surface area contributed by atoms with Gasteiger partial charge >= 0.3 is 11.9 Å². The Morgan fingerprint density at radius 2 is 1.79 bits per heavy atom. The summed E-state index contributed by atoms with van der Waals surface area (Å²) < 4.78 is 14.1. The molecule has 0 aromatic rings. The van der Waals surface area contributed by atoms with Crippen molar-refractivity contribution >= 4 is 11.9 Å². The molecular formula is C9H12O5. The van der Waals surface area contributed by atoms with Gasteiger partial charge < -0.3 is 14.2 Å². The molecule has 0 atom stereocenters. The van der Waals surface area contributed by atoms with Gasteiger partial charge in [0.1, 0.15) is 5.76 Å². The summed E-state index contributed by atoms with van der Waals surface area (Å²) in [5.74, 6) is -1.06. The van der Waals surface area contributed by atoms with Gasteiger partial charge in [-0.25, -0.2) is 9.59 Å². The Morgan fingerprint density at radius 3 is 2.14 bits per heavy atom. The van der Waals surface area contributed by atoms with E-state index in [2.05, 4.69) is 9.47 Å². The Kier molecular flexibility index (Phi) is 3.50. The van der Waals surface area contributed by atoms with Gasteiger partial charge in [-0.3, -0.25) is 0 Å². The van der Waals surface area contributed by atoms with Crippen LogP contribution in [0.4, 0.5) is 0 Å². The zero-order chi connectivity index (χ0) is 10.6. The van der Waals surface area contributed by atoms with E-state index < -0.39 is 11.9 Å². The first-order valence-electron chi connectivity index (χ1n) is 4.23. The maximum atomic E-state index is 11.2. The van der Waals surface area contributed by atoms with Gasteiger partial charge in [-0.2, -0.15) is 0 Å². The maximum Gasteiger partial charge on any atom is 0.348 e. The summed E-state index contributed by atoms with van der Waals surface area (Å²) in [4.78, 5) is 22.5. The van der Waals surface area contributed by atoms with Crippen LogP contribution in [0, 0.1) is 0 Å². The molecule has 0 aromatic carbocycles. The molecule has 1 rings (SSSR count). The zero-order valence-corrected chi connectivity index (χ0v) is 8.16. The fourth-order valence-corrected chi connectivity index (χ4v) is 1.21. The van der Waals surface area contributed by atoms with Crippen molar-refractivity contribution in [1.82, 2.24) is 0 Å². The lowest BCUT2D eigenvalue weighted by Crippen LogP contribution is -2.18. The Balaban J connectivity index is 2.97. The molecule has 1 fully saturated rings. The van der Waals surface area contributed by atoms with Gasteiger partial charge in [0.05, 0.1) is 20.8 Å². The fourth-order valence-electron chi connectivity index (χ4n) is 1.21. The molecule has 0 N–H and O–H groups in total. The number of hydrogen-bond acceptors (Lipinski definition) is 5. The lowest BCUT2D eigenvalue weighted by atomic mass is 10.2. The van der Waals surface area contributed by atoms with E-state index >= 15 is 0 Å². The standard InChI is InChI=1S/C9H12O5/c1-12-8(10)7(9(11)13-2)6-4-3-5-14-6/h3-5H2,1-2H3. The number of methoxy groups -OCH3 is 2. The minimum Gasteiger partial charge on any atom is -0.497 e. The lowest BCUT2D eigenvalue weighted by molar-refractivity contribution is -0.144. The van der Waals surface area contributed by atoms with Crippen LogP contribution in [-0.2, 0) is 23.8 Å². The molecule has 0 aromatic heterocycles.